The van der Waals surface area contributed by atoms with Gasteiger partial charge in [0.2, 0.25) is 0 Å². The molecule has 0 unspecified atom stereocenters. The topological polar surface area (TPSA) is 114 Å². The number of nitrogens with zero attached hydrogens (tertiary/aromatic N) is 5. The molecule has 0 amide bonds. The Morgan fingerprint density at radius 2 is 1.90 bits per heavy atom. The number of nitrogens with two attached hydrogens (primary N) is 1. The van der Waals surface area contributed by atoms with Crippen molar-refractivity contribution in [1.82, 2.24) is 14.8 Å². The summed E-state index contributed by atoms with van der Waals surface area (Å²) in [6, 6.07) is 6.66. The van der Waals surface area contributed by atoms with Gasteiger partial charge in [0.15, 0.2) is 11.6 Å². The van der Waals surface area contributed by atoms with Gasteiger partial charge in [0.05, 0.1) is 30.1 Å². The van der Waals surface area contributed by atoms with Gasteiger partial charge in [-0.1, -0.05) is 17.7 Å². The second kappa shape index (κ2) is 7.34. The molecule has 2 aromatic heterocycles. The first-order chi connectivity index (χ1) is 13.7. The fourth-order valence-electron chi connectivity index (χ4n) is 2.69. The highest BCUT2D eigenvalue weighted by Gasteiger charge is 2.33. The first-order valence-electron chi connectivity index (χ1n) is 7.81. The van der Waals surface area contributed by atoms with Crippen molar-refractivity contribution < 1.29 is 17.9 Å². The number of aromatic nitrogens is 3. The van der Waals surface area contributed by atoms with E-state index in [2.05, 4.69) is 10.1 Å². The lowest BCUT2D eigenvalue weighted by Crippen LogP contribution is -2.09. The molecule has 0 radical (unpaired) electrons. The van der Waals surface area contributed by atoms with Gasteiger partial charge in [0.1, 0.15) is 29.1 Å². The van der Waals surface area contributed by atoms with Crippen molar-refractivity contribution in [2.75, 3.05) is 12.8 Å². The van der Waals surface area contributed by atoms with Crippen molar-refractivity contribution in [2.24, 2.45) is 0 Å². The minimum atomic E-state index is -4.65. The maximum absolute atomic E-state index is 13.0. The van der Waals surface area contributed by atoms with E-state index < -0.39 is 16.8 Å². The van der Waals surface area contributed by atoms with Crippen LogP contribution in [0, 0.1) is 22.7 Å². The number of halogens is 4. The van der Waals surface area contributed by atoms with Gasteiger partial charge in [0, 0.05) is 5.56 Å². The number of nitrogen functional groups attached to an aromatic ring is 1. The molecule has 0 saturated heterocycles. The van der Waals surface area contributed by atoms with Gasteiger partial charge >= 0.3 is 6.18 Å². The fourth-order valence-corrected chi connectivity index (χ4v) is 2.98. The summed E-state index contributed by atoms with van der Waals surface area (Å²) >= 11 is 5.81. The van der Waals surface area contributed by atoms with Gasteiger partial charge < -0.3 is 10.5 Å². The van der Waals surface area contributed by atoms with Crippen LogP contribution in [0.2, 0.25) is 5.02 Å². The van der Waals surface area contributed by atoms with Gasteiger partial charge in [0.25, 0.3) is 0 Å². The van der Waals surface area contributed by atoms with Crippen molar-refractivity contribution in [3.05, 3.63) is 52.3 Å². The molecular formula is C18H10ClF3N6O. The third-order valence-corrected chi connectivity index (χ3v) is 4.32. The van der Waals surface area contributed by atoms with Crippen LogP contribution < -0.4 is 10.5 Å². The highest BCUT2D eigenvalue weighted by Crippen LogP contribution is 2.39. The average Bonchev–Trinajstić information content (AvgIpc) is 3.15. The quantitative estimate of drug-likeness (QED) is 0.689. The number of anilines is 1. The predicted molar refractivity (Wildman–Crippen MR) is 97.2 cm³/mol. The molecule has 0 fully saturated rings. The van der Waals surface area contributed by atoms with E-state index in [0.717, 1.165) is 18.2 Å². The molecule has 146 valence electrons. The molecule has 0 spiro atoms. The molecule has 2 N–H and O–H groups in total. The number of pyridine rings is 1. The Morgan fingerprint density at radius 3 is 2.41 bits per heavy atom. The van der Waals surface area contributed by atoms with E-state index >= 15 is 0 Å². The number of benzene rings is 1. The van der Waals surface area contributed by atoms with Crippen molar-refractivity contribution in [1.29, 1.82) is 10.5 Å². The van der Waals surface area contributed by atoms with E-state index in [1.54, 1.807) is 0 Å². The monoisotopic (exact) mass is 418 g/mol. The molecular weight excluding hydrogens is 409 g/mol. The molecule has 0 atom stereocenters. The zero-order valence-electron chi connectivity index (χ0n) is 14.6. The minimum Gasteiger partial charge on any atom is -0.493 e. The zero-order chi connectivity index (χ0) is 21.3. The van der Waals surface area contributed by atoms with E-state index in [9.17, 15) is 23.7 Å². The Kier molecular flexibility index (Phi) is 5.06. The Bertz CT molecular complexity index is 1190. The van der Waals surface area contributed by atoms with Crippen LogP contribution in [-0.2, 0) is 6.18 Å². The second-order valence-electron chi connectivity index (χ2n) is 5.69. The van der Waals surface area contributed by atoms with Crippen LogP contribution in [0.25, 0.3) is 16.9 Å². The molecule has 0 bridgehead atoms. The third kappa shape index (κ3) is 3.53. The summed E-state index contributed by atoms with van der Waals surface area (Å²) in [6.07, 6.45) is -1.86. The maximum Gasteiger partial charge on any atom is 0.417 e. The summed E-state index contributed by atoms with van der Waals surface area (Å²) in [4.78, 5) is 4.06. The van der Waals surface area contributed by atoms with Gasteiger partial charge in [-0.15, -0.1) is 0 Å². The molecule has 0 aliphatic rings. The smallest absolute Gasteiger partial charge is 0.417 e. The normalized spacial score (nSPS) is 11.0. The summed E-state index contributed by atoms with van der Waals surface area (Å²) in [5.74, 6) is 0.137. The van der Waals surface area contributed by atoms with Crippen LogP contribution in [-0.4, -0.2) is 21.9 Å². The Hall–Kier alpha value is -3.76. The molecule has 3 rings (SSSR count). The first-order valence-corrected chi connectivity index (χ1v) is 8.18. The van der Waals surface area contributed by atoms with Crippen LogP contribution in [0.4, 0.5) is 19.0 Å². The molecule has 11 heteroatoms. The number of rotatable bonds is 3. The fraction of sp³-hybridized carbons (Fsp3) is 0.111. The number of nitriles is 2. The number of hydrogen-bond donors (Lipinski definition) is 1. The first kappa shape index (κ1) is 20.0. The molecule has 0 saturated carbocycles. The van der Waals surface area contributed by atoms with Crippen LogP contribution in [0.15, 0.2) is 30.6 Å². The van der Waals surface area contributed by atoms with E-state index in [-0.39, 0.29) is 33.9 Å². The van der Waals surface area contributed by atoms with Crippen molar-refractivity contribution in [3.8, 4) is 34.8 Å². The van der Waals surface area contributed by atoms with Gasteiger partial charge in [-0.05, 0) is 17.7 Å². The van der Waals surface area contributed by atoms with Crippen molar-refractivity contribution in [2.45, 2.75) is 6.18 Å². The second-order valence-corrected chi connectivity index (χ2v) is 6.09. The summed E-state index contributed by atoms with van der Waals surface area (Å²) in [7, 11) is 1.42. The van der Waals surface area contributed by atoms with Gasteiger partial charge in [-0.3, -0.25) is 0 Å². The summed E-state index contributed by atoms with van der Waals surface area (Å²) < 4.78 is 45.3. The molecule has 29 heavy (non-hydrogen) atoms. The Balaban J connectivity index is 2.32. The average molecular weight is 419 g/mol. The zero-order valence-corrected chi connectivity index (χ0v) is 15.4. The third-order valence-electron chi connectivity index (χ3n) is 4.00. The molecule has 1 aromatic carbocycles. The molecule has 3 aromatic rings. The van der Waals surface area contributed by atoms with Crippen LogP contribution >= 0.6 is 11.6 Å². The Labute approximate surface area is 167 Å². The van der Waals surface area contributed by atoms with Crippen LogP contribution in [0.5, 0.6) is 5.75 Å². The number of methoxy groups -OCH3 is 1. The Morgan fingerprint density at radius 1 is 1.21 bits per heavy atom. The van der Waals surface area contributed by atoms with E-state index in [1.165, 1.54) is 24.2 Å². The minimum absolute atomic E-state index is 0.00240. The van der Waals surface area contributed by atoms with Crippen LogP contribution in [0.1, 0.15) is 16.7 Å². The molecule has 7 nitrogen and oxygen atoms in total. The lowest BCUT2D eigenvalue weighted by molar-refractivity contribution is -0.137. The number of ether oxygens (including phenoxy) is 1. The summed E-state index contributed by atoms with van der Waals surface area (Å²) in [5.41, 5.74) is 4.66. The molecule has 2 heterocycles. The number of alkyl halides is 3. The lowest BCUT2D eigenvalue weighted by Gasteiger charge is -2.15. The van der Waals surface area contributed by atoms with Gasteiger partial charge in [-0.25, -0.2) is 9.67 Å². The molecule has 0 aliphatic carbocycles. The van der Waals surface area contributed by atoms with Gasteiger partial charge in [-0.2, -0.15) is 28.8 Å². The van der Waals surface area contributed by atoms with E-state index in [4.69, 9.17) is 22.1 Å². The standard InChI is InChI=1S/C18H10ClF3N6O/c1-29-10-7-26-28(8-10)17-12(6-24)15(11(5-23)16(25)27-17)9-2-3-13(14(19)4-9)18(20,21)22/h2-4,7-8H,1H3,(H2,25,27). The van der Waals surface area contributed by atoms with E-state index in [0.29, 0.717) is 5.75 Å². The van der Waals surface area contributed by atoms with E-state index in [1.807, 2.05) is 12.1 Å². The van der Waals surface area contributed by atoms with Crippen molar-refractivity contribution >= 4 is 17.4 Å². The van der Waals surface area contributed by atoms with Crippen molar-refractivity contribution in [3.63, 3.8) is 0 Å². The predicted octanol–water partition coefficient (Wildman–Crippen LogP) is 3.94. The SMILES string of the molecule is COc1cnn(-c2nc(N)c(C#N)c(-c3ccc(C(F)(F)F)c(Cl)c3)c2C#N)c1. The van der Waals surface area contributed by atoms with Crippen LogP contribution in [0.3, 0.4) is 0 Å². The molecule has 0 aliphatic heterocycles. The summed E-state index contributed by atoms with van der Waals surface area (Å²) in [5, 5.41) is 22.7. The lowest BCUT2D eigenvalue weighted by atomic mass is 9.95. The highest BCUT2D eigenvalue weighted by atomic mass is 35.5. The maximum atomic E-state index is 13.0. The number of hydrogen-bond acceptors (Lipinski definition) is 6. The summed E-state index contributed by atoms with van der Waals surface area (Å²) in [6.45, 7) is 0. The highest BCUT2D eigenvalue weighted by molar-refractivity contribution is 6.31. The largest absolute Gasteiger partial charge is 0.493 e.